The Kier molecular flexibility index (Phi) is 8.38. The minimum absolute atomic E-state index is 0.00657. The predicted octanol–water partition coefficient (Wildman–Crippen LogP) is 3.20. The smallest absolute Gasteiger partial charge is 0.198 e. The van der Waals surface area contributed by atoms with Crippen molar-refractivity contribution in [3.05, 3.63) is 24.3 Å². The molecule has 0 aliphatic carbocycles. The number of methoxy groups -OCH3 is 1. The highest BCUT2D eigenvalue weighted by Gasteiger charge is 2.21. The summed E-state index contributed by atoms with van der Waals surface area (Å²) in [6, 6.07) is 7.99. The molecule has 0 radical (unpaired) electrons. The molecule has 1 aliphatic rings. The number of nitrogens with one attached hydrogen (secondary N) is 1. The van der Waals surface area contributed by atoms with Gasteiger partial charge in [-0.2, -0.15) is 0 Å². The minimum Gasteiger partial charge on any atom is -0.491 e. The number of piperidine rings is 1. The third-order valence-electron chi connectivity index (χ3n) is 4.83. The molecule has 0 amide bonds. The van der Waals surface area contributed by atoms with E-state index < -0.39 is 0 Å². The second-order valence-electron chi connectivity index (χ2n) is 8.19. The lowest BCUT2D eigenvalue weighted by molar-refractivity contribution is 0.146. The van der Waals surface area contributed by atoms with E-state index >= 15 is 0 Å². The summed E-state index contributed by atoms with van der Waals surface area (Å²) in [5.41, 5.74) is 6.89. The van der Waals surface area contributed by atoms with Gasteiger partial charge in [0.15, 0.2) is 5.96 Å². The van der Waals surface area contributed by atoms with Crippen LogP contribution in [-0.2, 0) is 4.74 Å². The highest BCUT2D eigenvalue weighted by Crippen LogP contribution is 2.20. The van der Waals surface area contributed by atoms with Crippen LogP contribution in [-0.4, -0.2) is 57.4 Å². The zero-order chi connectivity index (χ0) is 19.7. The Bertz CT molecular complexity index is 586. The molecule has 1 heterocycles. The molecule has 1 fully saturated rings. The van der Waals surface area contributed by atoms with Crippen molar-refractivity contribution in [2.75, 3.05) is 51.8 Å². The van der Waals surface area contributed by atoms with E-state index in [1.54, 1.807) is 7.11 Å². The van der Waals surface area contributed by atoms with Gasteiger partial charge in [0, 0.05) is 32.4 Å². The Balaban J connectivity index is 2.07. The van der Waals surface area contributed by atoms with Crippen LogP contribution >= 0.6 is 0 Å². The number of benzene rings is 1. The fourth-order valence-corrected chi connectivity index (χ4v) is 2.96. The Morgan fingerprint density at radius 3 is 2.67 bits per heavy atom. The molecule has 3 N–H and O–H groups in total. The molecule has 1 saturated heterocycles. The van der Waals surface area contributed by atoms with Crippen LogP contribution in [0, 0.1) is 11.3 Å². The van der Waals surface area contributed by atoms with Gasteiger partial charge in [-0.05, 0) is 55.0 Å². The zero-order valence-electron chi connectivity index (χ0n) is 17.3. The largest absolute Gasteiger partial charge is 0.491 e. The lowest BCUT2D eigenvalue weighted by Gasteiger charge is -2.34. The van der Waals surface area contributed by atoms with Gasteiger partial charge < -0.3 is 25.4 Å². The summed E-state index contributed by atoms with van der Waals surface area (Å²) in [5, 5.41) is 3.52. The predicted molar refractivity (Wildman–Crippen MR) is 113 cm³/mol. The molecule has 1 unspecified atom stereocenters. The summed E-state index contributed by atoms with van der Waals surface area (Å²) < 4.78 is 10.6. The van der Waals surface area contributed by atoms with Crippen molar-refractivity contribution < 1.29 is 9.47 Å². The standard InChI is InChI=1S/C21H36N4O2/c1-17-6-5-11-25(14-17)20(23-16-21(2,3)15-22)24-18-7-9-19(10-8-18)27-13-12-26-4/h7-10,17H,5-6,11-16,22H2,1-4H3,(H,23,24). The summed E-state index contributed by atoms with van der Waals surface area (Å²) in [4.78, 5) is 7.27. The fraction of sp³-hybridized carbons (Fsp3) is 0.667. The van der Waals surface area contributed by atoms with E-state index in [-0.39, 0.29) is 5.41 Å². The normalized spacial score (nSPS) is 18.5. The Morgan fingerprint density at radius 2 is 2.04 bits per heavy atom. The van der Waals surface area contributed by atoms with Crippen LogP contribution in [0.4, 0.5) is 5.69 Å². The number of hydrogen-bond acceptors (Lipinski definition) is 4. The van der Waals surface area contributed by atoms with E-state index in [4.69, 9.17) is 20.2 Å². The highest BCUT2D eigenvalue weighted by atomic mass is 16.5. The van der Waals surface area contributed by atoms with Gasteiger partial charge in [0.2, 0.25) is 0 Å². The third kappa shape index (κ3) is 7.39. The SMILES string of the molecule is COCCOc1ccc(NC(=NCC(C)(C)CN)N2CCCC(C)C2)cc1. The Hall–Kier alpha value is -1.79. The van der Waals surface area contributed by atoms with E-state index in [0.29, 0.717) is 32.2 Å². The summed E-state index contributed by atoms with van der Waals surface area (Å²) in [6.07, 6.45) is 2.49. The van der Waals surface area contributed by atoms with Crippen LogP contribution in [0.25, 0.3) is 0 Å². The van der Waals surface area contributed by atoms with Gasteiger partial charge in [-0.25, -0.2) is 0 Å². The van der Waals surface area contributed by atoms with Gasteiger partial charge in [0.05, 0.1) is 6.61 Å². The molecule has 152 valence electrons. The van der Waals surface area contributed by atoms with Crippen molar-refractivity contribution in [1.29, 1.82) is 0 Å². The van der Waals surface area contributed by atoms with Crippen LogP contribution < -0.4 is 15.8 Å². The van der Waals surface area contributed by atoms with Gasteiger partial charge in [0.25, 0.3) is 0 Å². The molecule has 1 atom stereocenters. The van der Waals surface area contributed by atoms with Gasteiger partial charge in [0.1, 0.15) is 12.4 Å². The van der Waals surface area contributed by atoms with Crippen molar-refractivity contribution in [3.8, 4) is 5.75 Å². The van der Waals surface area contributed by atoms with Crippen molar-refractivity contribution in [2.24, 2.45) is 22.1 Å². The van der Waals surface area contributed by atoms with Crippen molar-refractivity contribution in [2.45, 2.75) is 33.6 Å². The van der Waals surface area contributed by atoms with Gasteiger partial charge in [-0.3, -0.25) is 4.99 Å². The maximum atomic E-state index is 5.89. The maximum absolute atomic E-state index is 5.89. The van der Waals surface area contributed by atoms with E-state index in [1.165, 1.54) is 12.8 Å². The lowest BCUT2D eigenvalue weighted by atomic mass is 9.94. The molecule has 1 aromatic rings. The summed E-state index contributed by atoms with van der Waals surface area (Å²) >= 11 is 0. The fourth-order valence-electron chi connectivity index (χ4n) is 2.96. The molecular weight excluding hydrogens is 340 g/mol. The first kappa shape index (κ1) is 21.5. The monoisotopic (exact) mass is 376 g/mol. The van der Waals surface area contributed by atoms with Crippen LogP contribution in [0.5, 0.6) is 5.75 Å². The molecule has 27 heavy (non-hydrogen) atoms. The van der Waals surface area contributed by atoms with E-state index in [2.05, 4.69) is 31.0 Å². The molecule has 6 heteroatoms. The minimum atomic E-state index is -0.00657. The van der Waals surface area contributed by atoms with Gasteiger partial charge in [-0.15, -0.1) is 0 Å². The second-order valence-corrected chi connectivity index (χ2v) is 8.19. The van der Waals surface area contributed by atoms with E-state index in [1.807, 2.05) is 24.3 Å². The molecule has 1 aromatic carbocycles. The van der Waals surface area contributed by atoms with E-state index in [0.717, 1.165) is 30.5 Å². The van der Waals surface area contributed by atoms with E-state index in [9.17, 15) is 0 Å². The topological polar surface area (TPSA) is 72.1 Å². The van der Waals surface area contributed by atoms with Crippen LogP contribution in [0.2, 0.25) is 0 Å². The molecule has 0 bridgehead atoms. The number of likely N-dealkylation sites (tertiary alicyclic amines) is 1. The molecule has 6 nitrogen and oxygen atoms in total. The molecule has 0 spiro atoms. The van der Waals surface area contributed by atoms with Crippen LogP contribution in [0.1, 0.15) is 33.6 Å². The second kappa shape index (κ2) is 10.5. The number of aliphatic imine (C=N–C) groups is 1. The Labute approximate surface area is 164 Å². The van der Waals surface area contributed by atoms with Crippen molar-refractivity contribution in [3.63, 3.8) is 0 Å². The first-order valence-corrected chi connectivity index (χ1v) is 9.92. The summed E-state index contributed by atoms with van der Waals surface area (Å²) in [5.74, 6) is 2.47. The average Bonchev–Trinajstić information content (AvgIpc) is 2.66. The van der Waals surface area contributed by atoms with Crippen LogP contribution in [0.3, 0.4) is 0 Å². The Morgan fingerprint density at radius 1 is 1.30 bits per heavy atom. The summed E-state index contributed by atoms with van der Waals surface area (Å²) in [7, 11) is 1.67. The van der Waals surface area contributed by atoms with Crippen molar-refractivity contribution >= 4 is 11.6 Å². The van der Waals surface area contributed by atoms with Gasteiger partial charge >= 0.3 is 0 Å². The number of anilines is 1. The number of guanidine groups is 1. The number of nitrogens with two attached hydrogens (primary N) is 1. The first-order chi connectivity index (χ1) is 12.9. The van der Waals surface area contributed by atoms with Gasteiger partial charge in [-0.1, -0.05) is 20.8 Å². The maximum Gasteiger partial charge on any atom is 0.198 e. The number of hydrogen-bond donors (Lipinski definition) is 2. The molecule has 0 saturated carbocycles. The molecule has 2 rings (SSSR count). The van der Waals surface area contributed by atoms with Crippen LogP contribution in [0.15, 0.2) is 29.3 Å². The average molecular weight is 377 g/mol. The molecule has 0 aromatic heterocycles. The molecular formula is C21H36N4O2. The zero-order valence-corrected chi connectivity index (χ0v) is 17.3. The highest BCUT2D eigenvalue weighted by molar-refractivity contribution is 5.93. The van der Waals surface area contributed by atoms with Crippen molar-refractivity contribution in [1.82, 2.24) is 4.90 Å². The number of nitrogens with zero attached hydrogens (tertiary/aromatic N) is 2. The summed E-state index contributed by atoms with van der Waals surface area (Å²) in [6.45, 7) is 11.1. The molecule has 1 aliphatic heterocycles. The quantitative estimate of drug-likeness (QED) is 0.414. The third-order valence-corrected chi connectivity index (χ3v) is 4.83. The number of ether oxygens (including phenoxy) is 2. The lowest BCUT2D eigenvalue weighted by Crippen LogP contribution is -2.43. The number of rotatable bonds is 8. The first-order valence-electron chi connectivity index (χ1n) is 9.92.